The van der Waals surface area contributed by atoms with Crippen molar-refractivity contribution in [3.8, 4) is 11.6 Å². The Hall–Kier alpha value is -1.11. The van der Waals surface area contributed by atoms with Crippen molar-refractivity contribution in [2.45, 2.75) is 44.9 Å². The van der Waals surface area contributed by atoms with Crippen molar-refractivity contribution < 1.29 is 4.42 Å². The number of aromatic nitrogens is 2. The second kappa shape index (κ2) is 6.77. The van der Waals surface area contributed by atoms with Crippen LogP contribution in [-0.4, -0.2) is 16.5 Å². The quantitative estimate of drug-likeness (QED) is 0.735. The molecule has 21 heavy (non-hydrogen) atoms. The smallest absolute Gasteiger partial charge is 0.197 e. The fourth-order valence-electron chi connectivity index (χ4n) is 2.81. The van der Waals surface area contributed by atoms with Crippen molar-refractivity contribution in [3.63, 3.8) is 0 Å². The van der Waals surface area contributed by atoms with E-state index in [1.54, 1.807) is 6.26 Å². The van der Waals surface area contributed by atoms with Crippen molar-refractivity contribution in [1.82, 2.24) is 9.97 Å². The van der Waals surface area contributed by atoms with E-state index in [0.717, 1.165) is 24.5 Å². The summed E-state index contributed by atoms with van der Waals surface area (Å²) >= 11 is 2.39. The third-order valence-corrected chi connectivity index (χ3v) is 4.97. The van der Waals surface area contributed by atoms with Crippen molar-refractivity contribution in [3.05, 3.63) is 27.7 Å². The van der Waals surface area contributed by atoms with Gasteiger partial charge in [0.05, 0.1) is 15.5 Å². The third kappa shape index (κ3) is 3.22. The summed E-state index contributed by atoms with van der Waals surface area (Å²) in [6, 6.07) is 3.80. The van der Waals surface area contributed by atoms with E-state index in [2.05, 4.69) is 39.8 Å². The normalized spacial score (nSPS) is 15.5. The monoisotopic (exact) mass is 397 g/mol. The molecule has 1 N–H and O–H groups in total. The molecule has 0 aliphatic heterocycles. The summed E-state index contributed by atoms with van der Waals surface area (Å²) in [6.45, 7) is 3.08. The molecular weight excluding hydrogens is 377 g/mol. The lowest BCUT2D eigenvalue weighted by Crippen LogP contribution is -2.10. The Morgan fingerprint density at radius 1 is 1.33 bits per heavy atom. The van der Waals surface area contributed by atoms with Crippen molar-refractivity contribution in [2.24, 2.45) is 0 Å². The van der Waals surface area contributed by atoms with Gasteiger partial charge in [0, 0.05) is 12.5 Å². The predicted octanol–water partition coefficient (Wildman–Crippen LogP) is 4.82. The number of hydrogen-bond donors (Lipinski definition) is 1. The molecular formula is C16H20IN3O. The molecule has 1 fully saturated rings. The first-order valence-electron chi connectivity index (χ1n) is 7.64. The first-order chi connectivity index (χ1) is 10.3. The summed E-state index contributed by atoms with van der Waals surface area (Å²) in [6.07, 6.45) is 7.83. The zero-order valence-corrected chi connectivity index (χ0v) is 14.4. The first-order valence-corrected chi connectivity index (χ1v) is 8.72. The van der Waals surface area contributed by atoms with E-state index >= 15 is 0 Å². The maximum Gasteiger partial charge on any atom is 0.197 e. The third-order valence-electron chi connectivity index (χ3n) is 3.90. The van der Waals surface area contributed by atoms with E-state index in [-0.39, 0.29) is 0 Å². The number of rotatable bonds is 5. The van der Waals surface area contributed by atoms with E-state index in [4.69, 9.17) is 9.40 Å². The molecule has 2 heterocycles. The Kier molecular flexibility index (Phi) is 4.77. The Morgan fingerprint density at radius 2 is 2.14 bits per heavy atom. The van der Waals surface area contributed by atoms with E-state index in [9.17, 15) is 0 Å². The van der Waals surface area contributed by atoms with E-state index in [0.29, 0.717) is 11.7 Å². The Bertz CT molecular complexity index is 592. The van der Waals surface area contributed by atoms with Gasteiger partial charge in [0.15, 0.2) is 11.6 Å². The average molecular weight is 397 g/mol. The summed E-state index contributed by atoms with van der Waals surface area (Å²) in [5.41, 5.74) is 1.19. The highest BCUT2D eigenvalue weighted by atomic mass is 127. The van der Waals surface area contributed by atoms with Gasteiger partial charge in [-0.1, -0.05) is 19.8 Å². The van der Waals surface area contributed by atoms with Gasteiger partial charge >= 0.3 is 0 Å². The Balaban J connectivity index is 2.02. The molecule has 0 aromatic carbocycles. The van der Waals surface area contributed by atoms with Crippen molar-refractivity contribution in [1.29, 1.82) is 0 Å². The van der Waals surface area contributed by atoms with Crippen LogP contribution in [0.25, 0.3) is 11.6 Å². The van der Waals surface area contributed by atoms with Crippen LogP contribution in [0.1, 0.15) is 50.6 Å². The summed E-state index contributed by atoms with van der Waals surface area (Å²) < 4.78 is 6.65. The van der Waals surface area contributed by atoms with Crippen molar-refractivity contribution in [2.75, 3.05) is 11.9 Å². The number of halogens is 1. The maximum atomic E-state index is 5.48. The van der Waals surface area contributed by atoms with E-state index in [1.807, 2.05) is 12.1 Å². The van der Waals surface area contributed by atoms with Crippen molar-refractivity contribution >= 4 is 28.4 Å². The summed E-state index contributed by atoms with van der Waals surface area (Å²) in [5.74, 6) is 2.95. The van der Waals surface area contributed by atoms with Gasteiger partial charge in [-0.15, -0.1) is 0 Å². The highest BCUT2D eigenvalue weighted by molar-refractivity contribution is 14.1. The van der Waals surface area contributed by atoms with Gasteiger partial charge in [-0.25, -0.2) is 9.97 Å². The van der Waals surface area contributed by atoms with Crippen LogP contribution in [0.4, 0.5) is 5.82 Å². The molecule has 2 aromatic heterocycles. The lowest BCUT2D eigenvalue weighted by Gasteiger charge is -2.15. The summed E-state index contributed by atoms with van der Waals surface area (Å²) in [4.78, 5) is 9.47. The molecule has 0 radical (unpaired) electrons. The molecule has 4 nitrogen and oxygen atoms in total. The lowest BCUT2D eigenvalue weighted by atomic mass is 10.0. The topological polar surface area (TPSA) is 51.0 Å². The summed E-state index contributed by atoms with van der Waals surface area (Å²) in [7, 11) is 0. The second-order valence-corrected chi connectivity index (χ2v) is 6.56. The molecule has 1 saturated carbocycles. The van der Waals surface area contributed by atoms with Crippen LogP contribution >= 0.6 is 22.6 Å². The molecule has 0 atom stereocenters. The molecule has 0 unspecified atom stereocenters. The minimum atomic E-state index is 0.566. The van der Waals surface area contributed by atoms with Gasteiger partial charge in [-0.3, -0.25) is 0 Å². The highest BCUT2D eigenvalue weighted by Gasteiger charge is 2.24. The molecule has 3 rings (SSSR count). The Labute approximate surface area is 138 Å². The summed E-state index contributed by atoms with van der Waals surface area (Å²) in [5, 5.41) is 3.43. The van der Waals surface area contributed by atoms with Crippen LogP contribution in [0.15, 0.2) is 22.8 Å². The first kappa shape index (κ1) is 14.8. The number of nitrogens with zero attached hydrogens (tertiary/aromatic N) is 2. The van der Waals surface area contributed by atoms with Gasteiger partial charge in [0.1, 0.15) is 5.82 Å². The number of furan rings is 1. The number of anilines is 1. The minimum absolute atomic E-state index is 0.566. The van der Waals surface area contributed by atoms with Gasteiger partial charge in [0.2, 0.25) is 0 Å². The zero-order valence-electron chi connectivity index (χ0n) is 12.2. The minimum Gasteiger partial charge on any atom is -0.461 e. The standard InChI is InChI=1S/C16H20IN3O/c1-2-9-18-16-13(17)14(11-6-3-4-7-11)19-15(20-16)12-8-5-10-21-12/h5,8,10-11H,2-4,6-7,9H2,1H3,(H,18,19,20). The number of hydrogen-bond acceptors (Lipinski definition) is 4. The van der Waals surface area contributed by atoms with Gasteiger partial charge < -0.3 is 9.73 Å². The molecule has 1 aliphatic rings. The zero-order chi connectivity index (χ0) is 14.7. The molecule has 0 bridgehead atoms. The molecule has 1 aliphatic carbocycles. The fourth-order valence-corrected chi connectivity index (χ4v) is 3.68. The maximum absolute atomic E-state index is 5.48. The predicted molar refractivity (Wildman–Crippen MR) is 92.4 cm³/mol. The van der Waals surface area contributed by atoms with E-state index < -0.39 is 0 Å². The van der Waals surface area contributed by atoms with Crippen LogP contribution in [0, 0.1) is 3.57 Å². The second-order valence-electron chi connectivity index (χ2n) is 5.48. The molecule has 0 saturated heterocycles. The SMILES string of the molecule is CCCNc1nc(-c2ccco2)nc(C2CCCC2)c1I. The molecule has 112 valence electrons. The van der Waals surface area contributed by atoms with Gasteiger partial charge in [0.25, 0.3) is 0 Å². The van der Waals surface area contributed by atoms with Gasteiger partial charge in [-0.05, 0) is 54.0 Å². The van der Waals surface area contributed by atoms with Crippen LogP contribution in [-0.2, 0) is 0 Å². The number of nitrogens with one attached hydrogen (secondary N) is 1. The van der Waals surface area contributed by atoms with E-state index in [1.165, 1.54) is 34.9 Å². The van der Waals surface area contributed by atoms with Crippen LogP contribution in [0.5, 0.6) is 0 Å². The molecule has 5 heteroatoms. The highest BCUT2D eigenvalue weighted by Crippen LogP contribution is 2.37. The van der Waals surface area contributed by atoms with Crippen LogP contribution in [0.3, 0.4) is 0 Å². The Morgan fingerprint density at radius 3 is 2.81 bits per heavy atom. The lowest BCUT2D eigenvalue weighted by molar-refractivity contribution is 0.575. The largest absolute Gasteiger partial charge is 0.461 e. The van der Waals surface area contributed by atoms with Crippen LogP contribution in [0.2, 0.25) is 0 Å². The molecule has 0 spiro atoms. The van der Waals surface area contributed by atoms with Crippen LogP contribution < -0.4 is 5.32 Å². The average Bonchev–Trinajstić information content (AvgIpc) is 3.19. The fraction of sp³-hybridized carbons (Fsp3) is 0.500. The molecule has 0 amide bonds. The van der Waals surface area contributed by atoms with Gasteiger partial charge in [-0.2, -0.15) is 0 Å². The molecule has 2 aromatic rings.